The van der Waals surface area contributed by atoms with Gasteiger partial charge in [0.25, 0.3) is 0 Å². The molecule has 836 valence electrons. The fourth-order valence-corrected chi connectivity index (χ4v) is 18.9. The van der Waals surface area contributed by atoms with Gasteiger partial charge in [-0.15, -0.1) is 0 Å². The summed E-state index contributed by atoms with van der Waals surface area (Å²) in [6.07, 6.45) is 14.4. The minimum Gasteiger partial charge on any atom is -0.378 e. The predicted octanol–water partition coefficient (Wildman–Crippen LogP) is 25.8. The van der Waals surface area contributed by atoms with Gasteiger partial charge < -0.3 is 81.3 Å². The Morgan fingerprint density at radius 2 is 0.504 bits per heavy atom. The first kappa shape index (κ1) is 136. The molecule has 21 nitrogen and oxygen atoms in total. The van der Waals surface area contributed by atoms with Gasteiger partial charge in [-0.1, -0.05) is 228 Å². The standard InChI is InChI=1S/C13H25N.3C11H21NO.4C11H22O2.C10H19NO.2C10H20O2/c1-10(2)12(5)14-8-6-13(7-9-14)11(3)4;1-8(2)5-11(13)12-6-10(7-12)9(3)4;2*1-8(2)10-5-6-12(7-10)11(13)9(3)4;4*1-8(2)10-5-11(13-6-10)7-12-9(3)4;1-7(2)9-5-11(6-9)10(12)8(3)4;2*1-7(2)9-5-11-6-10(9)12-8(3)4/h10-11,13H,5-9H2,1-4H3;3*8-10H,5-7H2,1-4H3;4*8-11H,5-7H2,1-4H3;7-9H,5-6H2,1-4H3;2*7-10H,5-6H2,1-4H3/t;;2*10-;2*10-,11+;2*10-,11-;;2*9-,10+/m..101010.10/s1. The molecule has 11 aliphatic rings. The summed E-state index contributed by atoms with van der Waals surface area (Å²) in [5, 5.41) is 0. The Hall–Kier alpha value is -3.06. The second-order valence-electron chi connectivity index (χ2n) is 50.6. The van der Waals surface area contributed by atoms with Crippen molar-refractivity contribution >= 4 is 23.6 Å². The Balaban J connectivity index is 0.000000776. The van der Waals surface area contributed by atoms with Crippen molar-refractivity contribution in [2.75, 3.05) is 145 Å². The van der Waals surface area contributed by atoms with Gasteiger partial charge >= 0.3 is 0 Å². The molecule has 11 saturated heterocycles. The SMILES string of the molecule is C=C(C(C)C)N1CCC(C(C)C)CC1.CC(C)C(=O)N1CC(C(C)C)C1.CC(C)C(=O)N1CC[C@@H](C(C)C)C1.CC(C)C(=O)N1CC[C@H](C(C)C)C1.CC(C)CC(=O)N1CC(C(C)C)C1.CC(C)OC[C@@H]1C[C@@H](C(C)C)CO1.CC(C)OC[C@@H]1C[C@H](C(C)C)CO1.CC(C)OC[C@H]1C[C@@H](C(C)C)CO1.CC(C)OC[C@H]1C[C@H](C(C)C)CO1.CC(C)O[C@@H]1COC[C@H]1C(C)C.CC(C)O[C@H]1COC[C@@H]1C(C)C. The number of nitrogens with zero attached hydrogens (tertiary/aromatic N) is 5. The van der Waals surface area contributed by atoms with E-state index in [1.54, 1.807) is 0 Å². The van der Waals surface area contributed by atoms with E-state index in [0.717, 1.165) is 226 Å². The number of hydrogen-bond acceptors (Lipinski definition) is 17. The Labute approximate surface area is 871 Å². The third-order valence-corrected chi connectivity index (χ3v) is 30.4. The fraction of sp³-hybridized carbons (Fsp3) is 0.950. The molecule has 0 aromatic heterocycles. The van der Waals surface area contributed by atoms with E-state index in [0.29, 0.717) is 151 Å². The van der Waals surface area contributed by atoms with Crippen LogP contribution in [-0.2, 0) is 76.0 Å². The highest BCUT2D eigenvalue weighted by Gasteiger charge is 2.39. The molecule has 0 N–H and O–H groups in total. The zero-order chi connectivity index (χ0) is 108. The van der Waals surface area contributed by atoms with Crippen molar-refractivity contribution in [2.24, 2.45) is 160 Å². The van der Waals surface area contributed by atoms with Crippen LogP contribution in [0.1, 0.15) is 362 Å². The summed E-state index contributed by atoms with van der Waals surface area (Å²) in [6, 6.07) is 0. The molecule has 11 aliphatic heterocycles. The Bertz CT molecular complexity index is 2960. The van der Waals surface area contributed by atoms with Gasteiger partial charge in [0.1, 0.15) is 0 Å². The van der Waals surface area contributed by atoms with Crippen molar-refractivity contribution in [3.8, 4) is 0 Å². The second-order valence-corrected chi connectivity index (χ2v) is 50.6. The van der Waals surface area contributed by atoms with Crippen LogP contribution >= 0.6 is 0 Å². The zero-order valence-electron chi connectivity index (χ0n) is 100. The van der Waals surface area contributed by atoms with E-state index in [2.05, 4.69) is 275 Å². The summed E-state index contributed by atoms with van der Waals surface area (Å²) in [4.78, 5) is 56.7. The Morgan fingerprint density at radius 3 is 0.716 bits per heavy atom. The number of allylic oxidation sites excluding steroid dienone is 1. The molecule has 21 heteroatoms. The zero-order valence-corrected chi connectivity index (χ0v) is 100. The fourth-order valence-electron chi connectivity index (χ4n) is 18.9. The van der Waals surface area contributed by atoms with E-state index in [1.165, 1.54) is 70.2 Å². The van der Waals surface area contributed by atoms with E-state index < -0.39 is 0 Å². The molecule has 0 unspecified atom stereocenters. The molecule has 0 spiro atoms. The first-order valence-electron chi connectivity index (χ1n) is 57.6. The molecular weight excluding hydrogens is 1770 g/mol. The van der Waals surface area contributed by atoms with Crippen LogP contribution in [0, 0.1) is 160 Å². The van der Waals surface area contributed by atoms with Gasteiger partial charge in [0.15, 0.2) is 0 Å². The van der Waals surface area contributed by atoms with Gasteiger partial charge in [-0.2, -0.15) is 0 Å². The molecule has 4 amide bonds. The average molecular weight is 2000 g/mol. The third-order valence-electron chi connectivity index (χ3n) is 30.4. The van der Waals surface area contributed by atoms with Crippen LogP contribution in [0.25, 0.3) is 0 Å². The van der Waals surface area contributed by atoms with Crippen LogP contribution in [0.3, 0.4) is 0 Å². The highest BCUT2D eigenvalue weighted by atomic mass is 16.6. The average Bonchev–Trinajstić information content (AvgIpc) is 1.44. The largest absolute Gasteiger partial charge is 0.378 e. The van der Waals surface area contributed by atoms with Crippen molar-refractivity contribution in [3.05, 3.63) is 12.3 Å². The first-order chi connectivity index (χ1) is 65.7. The molecule has 11 rings (SSSR count). The maximum absolute atomic E-state index is 11.6. The van der Waals surface area contributed by atoms with E-state index in [9.17, 15) is 19.2 Å². The lowest BCUT2D eigenvalue weighted by Gasteiger charge is -2.42. The van der Waals surface area contributed by atoms with E-state index in [4.69, 9.17) is 56.8 Å². The number of carbonyl (C=O) groups is 4. The predicted molar refractivity (Wildman–Crippen MR) is 589 cm³/mol. The lowest BCUT2D eigenvalue weighted by molar-refractivity contribution is -0.142. The monoisotopic (exact) mass is 2000 g/mol. The van der Waals surface area contributed by atoms with Crippen molar-refractivity contribution in [2.45, 2.75) is 436 Å². The van der Waals surface area contributed by atoms with Crippen LogP contribution in [0.15, 0.2) is 12.3 Å². The first-order valence-corrected chi connectivity index (χ1v) is 57.6. The summed E-state index contributed by atoms with van der Waals surface area (Å²) < 4.78 is 67.1. The molecule has 11 heterocycles. The minimum atomic E-state index is 0.158. The van der Waals surface area contributed by atoms with Gasteiger partial charge in [-0.25, -0.2) is 0 Å². The smallest absolute Gasteiger partial charge is 0.225 e. The Morgan fingerprint density at radius 1 is 0.262 bits per heavy atom. The van der Waals surface area contributed by atoms with Gasteiger partial charge in [0.2, 0.25) is 23.6 Å². The summed E-state index contributed by atoms with van der Waals surface area (Å²) in [5.41, 5.74) is 1.33. The van der Waals surface area contributed by atoms with Crippen molar-refractivity contribution in [1.29, 1.82) is 0 Å². The molecule has 0 radical (unpaired) electrons. The lowest BCUT2D eigenvalue weighted by atomic mass is 9.86. The highest BCUT2D eigenvalue weighted by molar-refractivity contribution is 5.79. The molecule has 11 fully saturated rings. The maximum atomic E-state index is 11.6. The van der Waals surface area contributed by atoms with Crippen LogP contribution in [-0.4, -0.2) is 266 Å². The van der Waals surface area contributed by atoms with Gasteiger partial charge in [-0.3, -0.25) is 19.2 Å². The molecule has 0 bridgehead atoms. The normalized spacial score (nSPS) is 25.4. The number of likely N-dealkylation sites (tertiary alicyclic amines) is 5. The lowest BCUT2D eigenvalue weighted by Crippen LogP contribution is -2.53. The quantitative estimate of drug-likeness (QED) is 0.0589. The van der Waals surface area contributed by atoms with Crippen LogP contribution in [0.4, 0.5) is 0 Å². The molecule has 0 aliphatic carbocycles. The molecule has 0 saturated carbocycles. The van der Waals surface area contributed by atoms with Crippen molar-refractivity contribution in [1.82, 2.24) is 24.5 Å². The van der Waals surface area contributed by atoms with E-state index in [-0.39, 0.29) is 17.8 Å². The number of hydrogen-bond donors (Lipinski definition) is 0. The number of rotatable bonds is 34. The van der Waals surface area contributed by atoms with Gasteiger partial charge in [0.05, 0.1) is 153 Å². The summed E-state index contributed by atoms with van der Waals surface area (Å²) in [5.74, 6) is 18.9. The second kappa shape index (κ2) is 72.4. The summed E-state index contributed by atoms with van der Waals surface area (Å²) in [7, 11) is 0. The highest BCUT2D eigenvalue weighted by Crippen LogP contribution is 2.36. The number of carbonyl (C=O) groups excluding carboxylic acids is 4. The molecule has 0 aromatic rings. The van der Waals surface area contributed by atoms with Crippen molar-refractivity contribution in [3.63, 3.8) is 0 Å². The number of piperidine rings is 1. The third kappa shape index (κ3) is 57.1. The summed E-state index contributed by atoms with van der Waals surface area (Å²) in [6.45, 7) is 119. The number of amides is 4. The molecule has 14 atom stereocenters. The topological polar surface area (TPSA) is 195 Å². The maximum Gasteiger partial charge on any atom is 0.225 e. The van der Waals surface area contributed by atoms with Crippen molar-refractivity contribution < 1.29 is 76.0 Å². The number of ether oxygens (including phenoxy) is 12. The van der Waals surface area contributed by atoms with Crippen LogP contribution < -0.4 is 0 Å². The van der Waals surface area contributed by atoms with Gasteiger partial charge in [-0.05, 0) is 265 Å². The van der Waals surface area contributed by atoms with Gasteiger partial charge in [0, 0.05) is 107 Å². The molecule has 0 aromatic carbocycles. The minimum absolute atomic E-state index is 0.158. The van der Waals surface area contributed by atoms with E-state index in [1.807, 2.05) is 61.1 Å². The molecule has 141 heavy (non-hydrogen) atoms. The van der Waals surface area contributed by atoms with Crippen LogP contribution in [0.2, 0.25) is 0 Å². The van der Waals surface area contributed by atoms with Crippen LogP contribution in [0.5, 0.6) is 0 Å². The van der Waals surface area contributed by atoms with E-state index >= 15 is 0 Å². The summed E-state index contributed by atoms with van der Waals surface area (Å²) >= 11 is 0. The Kier molecular flexibility index (Phi) is 69.8. The molecular formula is C120H235N5O16.